The van der Waals surface area contributed by atoms with Gasteiger partial charge in [0.25, 0.3) is 0 Å². The Morgan fingerprint density at radius 1 is 1.12 bits per heavy atom. The Balaban J connectivity index is 2.73. The molecule has 1 rings (SSSR count). The third-order valence-electron chi connectivity index (χ3n) is 2.77. The van der Waals surface area contributed by atoms with Gasteiger partial charge in [-0.2, -0.15) is 0 Å². The monoisotopic (exact) mass is 234 g/mol. The van der Waals surface area contributed by atoms with E-state index in [0.29, 0.717) is 18.3 Å². The van der Waals surface area contributed by atoms with E-state index in [9.17, 15) is 4.79 Å². The van der Waals surface area contributed by atoms with Crippen LogP contribution >= 0.6 is 0 Å². The van der Waals surface area contributed by atoms with Crippen molar-refractivity contribution in [2.24, 2.45) is 0 Å². The predicted molar refractivity (Wildman–Crippen MR) is 71.8 cm³/mol. The van der Waals surface area contributed by atoms with Crippen LogP contribution in [0.1, 0.15) is 51.5 Å². The van der Waals surface area contributed by atoms with E-state index in [1.807, 2.05) is 12.1 Å². The molecule has 0 aromatic heterocycles. The van der Waals surface area contributed by atoms with E-state index in [-0.39, 0.29) is 5.43 Å². The van der Waals surface area contributed by atoms with Crippen LogP contribution in [0.4, 0.5) is 0 Å². The molecule has 2 nitrogen and oxygen atoms in total. The molecule has 0 N–H and O–H groups in total. The highest BCUT2D eigenvalue weighted by Gasteiger charge is 2.01. The van der Waals surface area contributed by atoms with Gasteiger partial charge in [0, 0.05) is 0 Å². The van der Waals surface area contributed by atoms with Gasteiger partial charge >= 0.3 is 0 Å². The number of ether oxygens (including phenoxy) is 1. The summed E-state index contributed by atoms with van der Waals surface area (Å²) in [4.78, 5) is 11.7. The van der Waals surface area contributed by atoms with Crippen LogP contribution in [-0.2, 0) is 0 Å². The largest absolute Gasteiger partial charge is 0.489 e. The molecule has 0 heterocycles. The standard InChI is InChI=1S/C15H22O2/c1-4-5-6-11-17-15-10-8-13(12(2)3)7-9-14(15)16/h7-10,12H,4-6,11H2,1-3H3. The Bertz CT molecular complexity index is 396. The van der Waals surface area contributed by atoms with Crippen molar-refractivity contribution in [3.05, 3.63) is 40.1 Å². The molecule has 0 unspecified atom stereocenters. The first kappa shape index (κ1) is 13.8. The second-order valence-corrected chi connectivity index (χ2v) is 4.61. The van der Waals surface area contributed by atoms with Crippen LogP contribution in [0.3, 0.4) is 0 Å². The molecule has 0 radical (unpaired) electrons. The molecule has 0 atom stereocenters. The lowest BCUT2D eigenvalue weighted by molar-refractivity contribution is 0.304. The molecule has 0 saturated carbocycles. The Kier molecular flexibility index (Phi) is 5.75. The number of hydrogen-bond donors (Lipinski definition) is 0. The van der Waals surface area contributed by atoms with Crippen LogP contribution in [-0.4, -0.2) is 6.61 Å². The molecule has 0 spiro atoms. The summed E-state index contributed by atoms with van der Waals surface area (Å²) < 4.78 is 5.52. The molecule has 17 heavy (non-hydrogen) atoms. The van der Waals surface area contributed by atoms with Crippen LogP contribution in [0, 0.1) is 0 Å². The smallest absolute Gasteiger partial charge is 0.220 e. The highest BCUT2D eigenvalue weighted by molar-refractivity contribution is 5.26. The minimum absolute atomic E-state index is 0.0339. The summed E-state index contributed by atoms with van der Waals surface area (Å²) in [6.07, 6.45) is 3.31. The van der Waals surface area contributed by atoms with E-state index in [1.54, 1.807) is 12.1 Å². The van der Waals surface area contributed by atoms with Crippen LogP contribution in [0.2, 0.25) is 0 Å². The molecule has 0 aliphatic carbocycles. The molecule has 2 heteroatoms. The number of hydrogen-bond acceptors (Lipinski definition) is 2. The quantitative estimate of drug-likeness (QED) is 0.701. The van der Waals surface area contributed by atoms with Crippen molar-refractivity contribution < 1.29 is 4.74 Å². The van der Waals surface area contributed by atoms with Gasteiger partial charge in [-0.25, -0.2) is 0 Å². The first-order valence-electron chi connectivity index (χ1n) is 6.42. The van der Waals surface area contributed by atoms with Gasteiger partial charge in [0.2, 0.25) is 5.43 Å². The molecule has 0 aliphatic heterocycles. The first-order chi connectivity index (χ1) is 8.15. The second kappa shape index (κ2) is 7.10. The molecule has 0 aliphatic rings. The van der Waals surface area contributed by atoms with Crippen LogP contribution < -0.4 is 10.2 Å². The van der Waals surface area contributed by atoms with Crippen LogP contribution in [0.25, 0.3) is 0 Å². The maximum atomic E-state index is 11.7. The Hall–Kier alpha value is -1.31. The average Bonchev–Trinajstić information content (AvgIpc) is 2.48. The number of unbranched alkanes of at least 4 members (excludes halogenated alkanes) is 2. The second-order valence-electron chi connectivity index (χ2n) is 4.61. The molecular formula is C15H22O2. The topological polar surface area (TPSA) is 26.3 Å². The van der Waals surface area contributed by atoms with Gasteiger partial charge in [-0.1, -0.05) is 45.7 Å². The molecule has 0 fully saturated rings. The van der Waals surface area contributed by atoms with E-state index in [4.69, 9.17) is 4.74 Å². The molecule has 1 aromatic carbocycles. The highest BCUT2D eigenvalue weighted by atomic mass is 16.5. The Labute approximate surface area is 104 Å². The van der Waals surface area contributed by atoms with Crippen LogP contribution in [0.15, 0.2) is 29.1 Å². The Morgan fingerprint density at radius 2 is 1.82 bits per heavy atom. The maximum absolute atomic E-state index is 11.7. The zero-order chi connectivity index (χ0) is 12.7. The molecule has 94 valence electrons. The fraction of sp³-hybridized carbons (Fsp3) is 0.533. The number of rotatable bonds is 6. The maximum Gasteiger partial charge on any atom is 0.220 e. The van der Waals surface area contributed by atoms with E-state index < -0.39 is 0 Å². The SMILES string of the molecule is CCCCCOc1ccc(C(C)C)ccc1=O. The van der Waals surface area contributed by atoms with Gasteiger partial charge < -0.3 is 4.74 Å². The van der Waals surface area contributed by atoms with Crippen molar-refractivity contribution in [2.75, 3.05) is 6.61 Å². The summed E-state index contributed by atoms with van der Waals surface area (Å²) in [5.41, 5.74) is 1.12. The summed E-state index contributed by atoms with van der Waals surface area (Å²) >= 11 is 0. The zero-order valence-electron chi connectivity index (χ0n) is 11.0. The lowest BCUT2D eigenvalue weighted by Crippen LogP contribution is -2.05. The van der Waals surface area contributed by atoms with Gasteiger partial charge in [0.1, 0.15) is 0 Å². The summed E-state index contributed by atoms with van der Waals surface area (Å²) in [5.74, 6) is 0.891. The molecule has 0 bridgehead atoms. The molecule has 0 saturated heterocycles. The minimum Gasteiger partial charge on any atom is -0.489 e. The fourth-order valence-electron chi connectivity index (χ4n) is 1.60. The van der Waals surface area contributed by atoms with E-state index in [2.05, 4.69) is 20.8 Å². The lowest BCUT2D eigenvalue weighted by Gasteiger charge is -2.02. The zero-order valence-corrected chi connectivity index (χ0v) is 11.0. The van der Waals surface area contributed by atoms with Gasteiger partial charge in [-0.15, -0.1) is 0 Å². The van der Waals surface area contributed by atoms with Crippen molar-refractivity contribution in [2.45, 2.75) is 46.0 Å². The van der Waals surface area contributed by atoms with Crippen molar-refractivity contribution in [1.82, 2.24) is 0 Å². The third-order valence-corrected chi connectivity index (χ3v) is 2.77. The summed E-state index contributed by atoms with van der Waals surface area (Å²) in [7, 11) is 0. The summed E-state index contributed by atoms with van der Waals surface area (Å²) in [5, 5.41) is 0. The van der Waals surface area contributed by atoms with Crippen molar-refractivity contribution in [3.8, 4) is 5.75 Å². The molecule has 1 aromatic rings. The normalized spacial score (nSPS) is 10.6. The fourth-order valence-corrected chi connectivity index (χ4v) is 1.60. The van der Waals surface area contributed by atoms with Gasteiger partial charge in [-0.05, 0) is 30.0 Å². The van der Waals surface area contributed by atoms with Gasteiger partial charge in [0.15, 0.2) is 5.75 Å². The molecular weight excluding hydrogens is 212 g/mol. The Morgan fingerprint density at radius 3 is 2.47 bits per heavy atom. The minimum atomic E-state index is -0.0339. The summed E-state index contributed by atoms with van der Waals surface area (Å²) in [6.45, 7) is 7.00. The van der Waals surface area contributed by atoms with Crippen LogP contribution in [0.5, 0.6) is 5.75 Å². The highest BCUT2D eigenvalue weighted by Crippen LogP contribution is 2.13. The van der Waals surface area contributed by atoms with Crippen molar-refractivity contribution in [3.63, 3.8) is 0 Å². The van der Waals surface area contributed by atoms with Gasteiger partial charge in [-0.3, -0.25) is 4.79 Å². The van der Waals surface area contributed by atoms with Crippen molar-refractivity contribution >= 4 is 0 Å². The first-order valence-corrected chi connectivity index (χ1v) is 6.42. The van der Waals surface area contributed by atoms with E-state index in [1.165, 1.54) is 0 Å². The van der Waals surface area contributed by atoms with Crippen molar-refractivity contribution in [1.29, 1.82) is 0 Å². The van der Waals surface area contributed by atoms with Gasteiger partial charge in [0.05, 0.1) is 6.61 Å². The average molecular weight is 234 g/mol. The molecule has 0 amide bonds. The third kappa shape index (κ3) is 4.59. The lowest BCUT2D eigenvalue weighted by atomic mass is 10.1. The van der Waals surface area contributed by atoms with E-state index >= 15 is 0 Å². The summed E-state index contributed by atoms with van der Waals surface area (Å²) in [6, 6.07) is 7.25. The van der Waals surface area contributed by atoms with E-state index in [0.717, 1.165) is 24.8 Å². The predicted octanol–water partition coefficient (Wildman–Crippen LogP) is 3.74.